The summed E-state index contributed by atoms with van der Waals surface area (Å²) in [5.41, 5.74) is 6.38. The van der Waals surface area contributed by atoms with Crippen molar-refractivity contribution in [3.63, 3.8) is 0 Å². The van der Waals surface area contributed by atoms with Gasteiger partial charge in [-0.15, -0.1) is 0 Å². The molecule has 0 atom stereocenters. The van der Waals surface area contributed by atoms with Gasteiger partial charge in [-0.25, -0.2) is 0 Å². The van der Waals surface area contributed by atoms with Crippen molar-refractivity contribution >= 4 is 0 Å². The molecule has 0 unspecified atom stereocenters. The summed E-state index contributed by atoms with van der Waals surface area (Å²) in [6.45, 7) is 7.22. The molecule has 0 radical (unpaired) electrons. The molecule has 1 saturated carbocycles. The first-order valence-corrected chi connectivity index (χ1v) is 8.21. The van der Waals surface area contributed by atoms with E-state index in [4.69, 9.17) is 10.2 Å². The Morgan fingerprint density at radius 3 is 2.60 bits per heavy atom. The van der Waals surface area contributed by atoms with Crippen LogP contribution in [0.3, 0.4) is 0 Å². The molecule has 0 aliphatic heterocycles. The lowest BCUT2D eigenvalue weighted by molar-refractivity contribution is 0.0335. The van der Waals surface area contributed by atoms with Crippen molar-refractivity contribution in [1.29, 1.82) is 0 Å². The van der Waals surface area contributed by atoms with Gasteiger partial charge < -0.3 is 10.2 Å². The van der Waals surface area contributed by atoms with Crippen LogP contribution in [-0.2, 0) is 6.54 Å². The Hall–Kier alpha value is -0.800. The van der Waals surface area contributed by atoms with Crippen molar-refractivity contribution in [2.24, 2.45) is 11.7 Å². The average Bonchev–Trinajstić information content (AvgIpc) is 2.99. The van der Waals surface area contributed by atoms with E-state index in [1.165, 1.54) is 38.5 Å². The molecular weight excluding hydrogens is 248 g/mol. The summed E-state index contributed by atoms with van der Waals surface area (Å²) in [4.78, 5) is 2.54. The van der Waals surface area contributed by atoms with Gasteiger partial charge in [0.25, 0.3) is 0 Å². The second-order valence-corrected chi connectivity index (χ2v) is 6.25. The largest absolute Gasteiger partial charge is 0.468 e. The van der Waals surface area contributed by atoms with Crippen LogP contribution in [0, 0.1) is 5.92 Å². The summed E-state index contributed by atoms with van der Waals surface area (Å²) in [5.74, 6) is 1.97. The summed E-state index contributed by atoms with van der Waals surface area (Å²) in [6, 6.07) is 4.03. The number of nitrogens with two attached hydrogens (primary N) is 1. The number of hydrogen-bond donors (Lipinski definition) is 1. The molecule has 3 nitrogen and oxygen atoms in total. The summed E-state index contributed by atoms with van der Waals surface area (Å²) < 4.78 is 5.52. The fraction of sp³-hybridized carbons (Fsp3) is 0.765. The van der Waals surface area contributed by atoms with Gasteiger partial charge in [-0.1, -0.05) is 26.7 Å². The highest BCUT2D eigenvalue weighted by Gasteiger charge is 2.38. The fourth-order valence-corrected chi connectivity index (χ4v) is 3.77. The highest BCUT2D eigenvalue weighted by Crippen LogP contribution is 2.38. The molecule has 2 N–H and O–H groups in total. The number of likely N-dealkylation sites (N-methyl/N-ethyl adjacent to an activating group) is 1. The van der Waals surface area contributed by atoms with Crippen LogP contribution in [0.1, 0.15) is 58.1 Å². The standard InChI is InChI=1S/C17H30N2O/c1-3-6-15-8-10-17(14-18,11-9-15)19(4-2)13-16-7-5-12-20-16/h5,7,12,15H,3-4,6,8-11,13-14,18H2,1-2H3. The van der Waals surface area contributed by atoms with Crippen molar-refractivity contribution in [3.8, 4) is 0 Å². The Morgan fingerprint density at radius 2 is 2.10 bits per heavy atom. The van der Waals surface area contributed by atoms with E-state index in [-0.39, 0.29) is 5.54 Å². The molecule has 1 aliphatic rings. The number of nitrogens with zero attached hydrogens (tertiary/aromatic N) is 1. The molecule has 0 aromatic carbocycles. The summed E-state index contributed by atoms with van der Waals surface area (Å²) in [6.07, 6.45) is 9.59. The normalized spacial score (nSPS) is 27.1. The average molecular weight is 278 g/mol. The Kier molecular flexibility index (Phi) is 5.67. The third kappa shape index (κ3) is 3.44. The van der Waals surface area contributed by atoms with Crippen LogP contribution in [0.15, 0.2) is 22.8 Å². The molecule has 3 heteroatoms. The highest BCUT2D eigenvalue weighted by molar-refractivity contribution is 5.02. The van der Waals surface area contributed by atoms with Crippen LogP contribution in [0.2, 0.25) is 0 Å². The minimum absolute atomic E-state index is 0.186. The molecule has 0 spiro atoms. The first-order valence-electron chi connectivity index (χ1n) is 8.21. The first-order chi connectivity index (χ1) is 9.74. The molecule has 1 fully saturated rings. The van der Waals surface area contributed by atoms with Crippen LogP contribution in [0.5, 0.6) is 0 Å². The van der Waals surface area contributed by atoms with Crippen molar-refractivity contribution in [1.82, 2.24) is 4.90 Å². The lowest BCUT2D eigenvalue weighted by Gasteiger charge is -2.47. The third-order valence-corrected chi connectivity index (χ3v) is 5.09. The molecule has 1 aromatic rings. The Balaban J connectivity index is 2.01. The molecule has 1 aliphatic carbocycles. The zero-order valence-electron chi connectivity index (χ0n) is 13.1. The van der Waals surface area contributed by atoms with Gasteiger partial charge in [-0.2, -0.15) is 0 Å². The molecule has 0 amide bonds. The minimum Gasteiger partial charge on any atom is -0.468 e. The summed E-state index contributed by atoms with van der Waals surface area (Å²) in [7, 11) is 0. The van der Waals surface area contributed by atoms with Crippen molar-refractivity contribution in [3.05, 3.63) is 24.2 Å². The third-order valence-electron chi connectivity index (χ3n) is 5.09. The molecule has 20 heavy (non-hydrogen) atoms. The van der Waals surface area contributed by atoms with Crippen molar-refractivity contribution in [2.45, 2.75) is 64.5 Å². The van der Waals surface area contributed by atoms with E-state index in [1.807, 2.05) is 6.07 Å². The summed E-state index contributed by atoms with van der Waals surface area (Å²) in [5, 5.41) is 0. The van der Waals surface area contributed by atoms with Crippen LogP contribution in [0.4, 0.5) is 0 Å². The lowest BCUT2D eigenvalue weighted by atomic mass is 9.74. The topological polar surface area (TPSA) is 42.4 Å². The first kappa shape index (κ1) is 15.6. The maximum absolute atomic E-state index is 6.19. The van der Waals surface area contributed by atoms with E-state index in [0.29, 0.717) is 0 Å². The van der Waals surface area contributed by atoms with Crippen LogP contribution < -0.4 is 5.73 Å². The quantitative estimate of drug-likeness (QED) is 0.825. The van der Waals surface area contributed by atoms with Crippen LogP contribution in [-0.4, -0.2) is 23.5 Å². The van der Waals surface area contributed by atoms with E-state index in [2.05, 4.69) is 24.8 Å². The molecule has 0 bridgehead atoms. The molecule has 1 aromatic heterocycles. The van der Waals surface area contributed by atoms with E-state index >= 15 is 0 Å². The van der Waals surface area contributed by atoms with Gasteiger partial charge in [0.2, 0.25) is 0 Å². The van der Waals surface area contributed by atoms with Gasteiger partial charge in [-0.3, -0.25) is 4.90 Å². The van der Waals surface area contributed by atoms with Crippen LogP contribution in [0.25, 0.3) is 0 Å². The van der Waals surface area contributed by atoms with Gasteiger partial charge in [0.05, 0.1) is 12.8 Å². The maximum Gasteiger partial charge on any atom is 0.117 e. The zero-order valence-corrected chi connectivity index (χ0v) is 13.1. The molecule has 114 valence electrons. The lowest BCUT2D eigenvalue weighted by Crippen LogP contribution is -2.55. The van der Waals surface area contributed by atoms with E-state index < -0.39 is 0 Å². The number of furan rings is 1. The molecule has 2 rings (SSSR count). The van der Waals surface area contributed by atoms with Gasteiger partial charge in [0.15, 0.2) is 0 Å². The highest BCUT2D eigenvalue weighted by atomic mass is 16.3. The SMILES string of the molecule is CCCC1CCC(CN)(N(CC)Cc2ccco2)CC1. The summed E-state index contributed by atoms with van der Waals surface area (Å²) >= 11 is 0. The molecule has 1 heterocycles. The van der Waals surface area contributed by atoms with Gasteiger partial charge >= 0.3 is 0 Å². The van der Waals surface area contributed by atoms with Crippen molar-refractivity contribution < 1.29 is 4.42 Å². The smallest absolute Gasteiger partial charge is 0.117 e. The minimum atomic E-state index is 0.186. The van der Waals surface area contributed by atoms with E-state index in [0.717, 1.165) is 31.3 Å². The predicted molar refractivity (Wildman–Crippen MR) is 83.4 cm³/mol. The number of rotatable bonds is 7. The van der Waals surface area contributed by atoms with Crippen molar-refractivity contribution in [2.75, 3.05) is 13.1 Å². The Bertz CT molecular complexity index is 366. The molecular formula is C17H30N2O. The fourth-order valence-electron chi connectivity index (χ4n) is 3.77. The monoisotopic (exact) mass is 278 g/mol. The Morgan fingerprint density at radius 1 is 1.35 bits per heavy atom. The maximum atomic E-state index is 6.19. The molecule has 0 saturated heterocycles. The zero-order chi connectivity index (χ0) is 14.4. The van der Waals surface area contributed by atoms with Gasteiger partial charge in [-0.05, 0) is 50.3 Å². The predicted octanol–water partition coefficient (Wildman–Crippen LogP) is 3.79. The second-order valence-electron chi connectivity index (χ2n) is 6.25. The van der Waals surface area contributed by atoms with Gasteiger partial charge in [0.1, 0.15) is 5.76 Å². The number of hydrogen-bond acceptors (Lipinski definition) is 3. The second kappa shape index (κ2) is 7.28. The van der Waals surface area contributed by atoms with Gasteiger partial charge in [0, 0.05) is 12.1 Å². The Labute approximate surface area is 123 Å². The van der Waals surface area contributed by atoms with Crippen LogP contribution >= 0.6 is 0 Å². The van der Waals surface area contributed by atoms with E-state index in [1.54, 1.807) is 6.26 Å². The van der Waals surface area contributed by atoms with E-state index in [9.17, 15) is 0 Å².